The van der Waals surface area contributed by atoms with Crippen LogP contribution < -0.4 is 20.7 Å². The van der Waals surface area contributed by atoms with Crippen LogP contribution in [-0.4, -0.2) is 57.1 Å². The fourth-order valence-corrected chi connectivity index (χ4v) is 9.34. The third-order valence-corrected chi connectivity index (χ3v) is 12.3. The van der Waals surface area contributed by atoms with Crippen molar-refractivity contribution in [3.05, 3.63) is 108 Å². The summed E-state index contributed by atoms with van der Waals surface area (Å²) < 4.78 is 7.88. The number of hydrogen-bond acceptors (Lipinski definition) is 7. The van der Waals surface area contributed by atoms with Crippen LogP contribution in [0.1, 0.15) is 70.7 Å². The number of carbonyl (C=O) groups excluding carboxylic acids is 4. The number of hydrogen-bond donors (Lipinski definition) is 3. The first kappa shape index (κ1) is 37.9. The maximum atomic E-state index is 13.8. The maximum Gasteiger partial charge on any atom is 0.324 e. The molecule has 4 unspecified atom stereocenters. The van der Waals surface area contributed by atoms with Crippen molar-refractivity contribution < 1.29 is 23.9 Å². The molecule has 0 radical (unpaired) electrons. The Morgan fingerprint density at radius 2 is 1.60 bits per heavy atom. The van der Waals surface area contributed by atoms with Crippen molar-refractivity contribution in [1.82, 2.24) is 25.0 Å². The summed E-state index contributed by atoms with van der Waals surface area (Å²) >= 11 is 0. The summed E-state index contributed by atoms with van der Waals surface area (Å²) in [5.41, 5.74) is 1.73. The van der Waals surface area contributed by atoms with Crippen molar-refractivity contribution in [2.75, 3.05) is 24.3 Å². The number of amides is 5. The lowest BCUT2D eigenvalue weighted by molar-refractivity contribution is -0.170. The smallest absolute Gasteiger partial charge is 0.324 e. The van der Waals surface area contributed by atoms with Gasteiger partial charge in [-0.15, -0.1) is 0 Å². The lowest BCUT2D eigenvalue weighted by atomic mass is 9.57. The molecule has 3 fully saturated rings. The summed E-state index contributed by atoms with van der Waals surface area (Å²) in [6, 6.07) is 24.6. The number of ether oxygens (including phenoxy) is 1. The van der Waals surface area contributed by atoms with E-state index in [1.165, 1.54) is 4.90 Å². The molecule has 3 aromatic carbocycles. The highest BCUT2D eigenvalue weighted by molar-refractivity contribution is 6.08. The molecule has 2 bridgehead atoms. The van der Waals surface area contributed by atoms with Gasteiger partial charge in [-0.1, -0.05) is 71.0 Å². The van der Waals surface area contributed by atoms with Crippen LogP contribution in [0.2, 0.25) is 0 Å². The normalized spacial score (nSPS) is 23.8. The Morgan fingerprint density at radius 1 is 0.877 bits per heavy atom. The fourth-order valence-electron chi connectivity index (χ4n) is 9.34. The molecule has 2 saturated carbocycles. The number of carbonyl (C=O) groups is 4. The Kier molecular flexibility index (Phi) is 9.21. The van der Waals surface area contributed by atoms with Crippen LogP contribution in [0.5, 0.6) is 5.75 Å². The van der Waals surface area contributed by atoms with Crippen LogP contribution in [0.25, 0.3) is 16.5 Å². The molecular formula is C45H49N7O5. The van der Waals surface area contributed by atoms with E-state index in [4.69, 9.17) is 9.84 Å². The zero-order valence-electron chi connectivity index (χ0n) is 33.3. The summed E-state index contributed by atoms with van der Waals surface area (Å²) in [7, 11) is 1.57. The molecule has 2 aliphatic carbocycles. The number of nitrogens with one attached hydrogen (secondary N) is 3. The van der Waals surface area contributed by atoms with E-state index in [0.29, 0.717) is 37.4 Å². The zero-order chi connectivity index (χ0) is 40.3. The van der Waals surface area contributed by atoms with Gasteiger partial charge in [-0.05, 0) is 72.7 Å². The number of fused-ring (bicyclic) bond motifs is 2. The second-order valence-electron chi connectivity index (χ2n) is 17.5. The SMILES string of the molecule is CN1C(=O)C2(C)CC(C)(C(=O)NCc3ccc(-n4nc(C(C)(C)C)cc4NC(=O)Nc4ccc(OCCc5ccncc5)c5ccccc45)cc3)C3CC3(C2)C1=O. The number of benzene rings is 3. The van der Waals surface area contributed by atoms with Crippen LogP contribution in [0.15, 0.2) is 91.3 Å². The Morgan fingerprint density at radius 3 is 2.32 bits per heavy atom. The molecule has 8 rings (SSSR count). The van der Waals surface area contributed by atoms with Crippen molar-refractivity contribution >= 4 is 46.0 Å². The number of piperidine rings is 1. The van der Waals surface area contributed by atoms with Gasteiger partial charge in [0.25, 0.3) is 0 Å². The second-order valence-corrected chi connectivity index (χ2v) is 17.5. The molecule has 3 heterocycles. The number of rotatable bonds is 10. The van der Waals surface area contributed by atoms with Crippen LogP contribution in [-0.2, 0) is 32.8 Å². The number of imide groups is 1. The quantitative estimate of drug-likeness (QED) is 0.125. The predicted molar refractivity (Wildman–Crippen MR) is 218 cm³/mol. The molecule has 57 heavy (non-hydrogen) atoms. The van der Waals surface area contributed by atoms with Gasteiger partial charge in [0.2, 0.25) is 17.7 Å². The summed E-state index contributed by atoms with van der Waals surface area (Å²) in [5.74, 6) is 0.674. The van der Waals surface area contributed by atoms with Gasteiger partial charge in [0, 0.05) is 60.1 Å². The summed E-state index contributed by atoms with van der Waals surface area (Å²) in [6.45, 7) is 10.8. The highest BCUT2D eigenvalue weighted by Gasteiger charge is 2.77. The molecule has 3 aliphatic rings. The van der Waals surface area contributed by atoms with Crippen LogP contribution in [0, 0.1) is 22.2 Å². The molecule has 12 nitrogen and oxygen atoms in total. The van der Waals surface area contributed by atoms with Gasteiger partial charge in [-0.2, -0.15) is 5.10 Å². The van der Waals surface area contributed by atoms with Crippen molar-refractivity contribution in [3.63, 3.8) is 0 Å². The van der Waals surface area contributed by atoms with Crippen LogP contribution in [0.4, 0.5) is 16.3 Å². The Balaban J connectivity index is 0.951. The minimum absolute atomic E-state index is 0.0796. The second kappa shape index (κ2) is 13.9. The highest BCUT2D eigenvalue weighted by Crippen LogP contribution is 2.74. The average molecular weight is 768 g/mol. The number of pyridine rings is 1. The van der Waals surface area contributed by atoms with Crippen LogP contribution >= 0.6 is 0 Å². The van der Waals surface area contributed by atoms with E-state index in [-0.39, 0.29) is 35.6 Å². The van der Waals surface area contributed by atoms with Gasteiger partial charge in [0.05, 0.1) is 34.5 Å². The molecule has 1 spiro atoms. The first-order valence-corrected chi connectivity index (χ1v) is 19.5. The first-order chi connectivity index (χ1) is 27.1. The van der Waals surface area contributed by atoms with Gasteiger partial charge in [-0.3, -0.25) is 29.6 Å². The van der Waals surface area contributed by atoms with Gasteiger partial charge in [0.1, 0.15) is 11.6 Å². The lowest BCUT2D eigenvalue weighted by Gasteiger charge is -2.50. The minimum Gasteiger partial charge on any atom is -0.493 e. The van der Waals surface area contributed by atoms with Crippen LogP contribution in [0.3, 0.4) is 0 Å². The van der Waals surface area contributed by atoms with E-state index in [9.17, 15) is 19.2 Å². The molecule has 5 aromatic rings. The molecule has 2 aromatic heterocycles. The van der Waals surface area contributed by atoms with Crippen molar-refractivity contribution in [2.45, 2.75) is 72.3 Å². The Bertz CT molecular complexity index is 2390. The van der Waals surface area contributed by atoms with Gasteiger partial charge in [0.15, 0.2) is 0 Å². The first-order valence-electron chi connectivity index (χ1n) is 19.5. The predicted octanol–water partition coefficient (Wildman–Crippen LogP) is 7.41. The standard InChI is InChI=1S/C45H49N7O5/c1-42(2,3)36-23-37(49-41(56)48-33-15-16-34(32-10-8-7-9-31(32)33)57-22-19-28-17-20-46-21-18-28)52(50-36)30-13-11-29(12-14-30)25-47-38(53)44(5)26-43(4)27-45(24-35(44)45)40(55)51(6)39(43)54/h7-18,20-21,23,35H,19,22,24-27H2,1-6H3,(H,47,53)(H2,48,49,56). The third-order valence-electron chi connectivity index (χ3n) is 12.3. The summed E-state index contributed by atoms with van der Waals surface area (Å²) in [5, 5.41) is 15.8. The molecule has 1 aliphatic heterocycles. The fraction of sp³-hybridized carbons (Fsp3) is 0.378. The number of anilines is 2. The number of nitrogens with zero attached hydrogens (tertiary/aromatic N) is 4. The van der Waals surface area contributed by atoms with Crippen molar-refractivity contribution in [2.24, 2.45) is 22.2 Å². The third kappa shape index (κ3) is 6.80. The molecule has 5 amide bonds. The van der Waals surface area contributed by atoms with E-state index < -0.39 is 22.3 Å². The summed E-state index contributed by atoms with van der Waals surface area (Å²) in [4.78, 5) is 59.1. The molecule has 3 N–H and O–H groups in total. The van der Waals surface area contributed by atoms with Crippen molar-refractivity contribution in [3.8, 4) is 11.4 Å². The number of urea groups is 1. The number of likely N-dealkylation sites (tertiary alicyclic amines) is 1. The number of aromatic nitrogens is 3. The molecule has 12 heteroatoms. The van der Waals surface area contributed by atoms with Gasteiger partial charge >= 0.3 is 6.03 Å². The van der Waals surface area contributed by atoms with Crippen molar-refractivity contribution in [1.29, 1.82) is 0 Å². The average Bonchev–Trinajstić information content (AvgIpc) is 3.78. The maximum absolute atomic E-state index is 13.8. The monoisotopic (exact) mass is 767 g/mol. The summed E-state index contributed by atoms with van der Waals surface area (Å²) in [6.07, 6.45) is 5.86. The largest absolute Gasteiger partial charge is 0.493 e. The lowest BCUT2D eigenvalue weighted by Crippen LogP contribution is -2.61. The Hall–Kier alpha value is -6.04. The van der Waals surface area contributed by atoms with E-state index in [0.717, 1.165) is 45.5 Å². The zero-order valence-corrected chi connectivity index (χ0v) is 33.3. The highest BCUT2D eigenvalue weighted by atomic mass is 16.5. The molecule has 294 valence electrons. The Labute approximate surface area is 332 Å². The van der Waals surface area contributed by atoms with E-state index in [2.05, 4.69) is 41.7 Å². The van der Waals surface area contributed by atoms with E-state index in [1.54, 1.807) is 24.1 Å². The molecule has 1 saturated heterocycles. The van der Waals surface area contributed by atoms with E-state index >= 15 is 0 Å². The minimum atomic E-state index is -0.818. The van der Waals surface area contributed by atoms with E-state index in [1.807, 2.05) is 92.7 Å². The molecular weight excluding hydrogens is 719 g/mol. The van der Waals surface area contributed by atoms with Gasteiger partial charge < -0.3 is 15.4 Å². The molecule has 4 atom stereocenters. The topological polar surface area (TPSA) is 148 Å². The van der Waals surface area contributed by atoms with Gasteiger partial charge in [-0.25, -0.2) is 9.48 Å².